The zero-order valence-electron chi connectivity index (χ0n) is 12.3. The minimum atomic E-state index is -3.67. The molecule has 1 fully saturated rings. The largest absolute Gasteiger partial charge is 0.495 e. The molecule has 1 atom stereocenters. The fourth-order valence-electron chi connectivity index (χ4n) is 2.80. The zero-order chi connectivity index (χ0) is 15.3. The van der Waals surface area contributed by atoms with E-state index < -0.39 is 16.1 Å². The first kappa shape index (κ1) is 16.3. The Kier molecular flexibility index (Phi) is 5.61. The molecule has 5 nitrogen and oxygen atoms in total. The molecule has 0 aromatic heterocycles. The molecule has 2 rings (SSSR count). The van der Waals surface area contributed by atoms with Gasteiger partial charge in [0, 0.05) is 6.54 Å². The summed E-state index contributed by atoms with van der Waals surface area (Å²) in [6.45, 7) is 0.0467. The molecule has 0 amide bonds. The Morgan fingerprint density at radius 3 is 2.62 bits per heavy atom. The number of aliphatic hydroxyl groups is 1. The Morgan fingerprint density at radius 1 is 1.29 bits per heavy atom. The highest BCUT2D eigenvalue weighted by molar-refractivity contribution is 7.89. The Balaban J connectivity index is 2.00. The molecule has 21 heavy (non-hydrogen) atoms. The van der Waals surface area contributed by atoms with Crippen LogP contribution in [0.4, 0.5) is 0 Å². The lowest BCUT2D eigenvalue weighted by Gasteiger charge is -2.26. The third-order valence-electron chi connectivity index (χ3n) is 4.04. The zero-order valence-corrected chi connectivity index (χ0v) is 13.1. The average molecular weight is 313 g/mol. The van der Waals surface area contributed by atoms with Gasteiger partial charge in [-0.1, -0.05) is 31.4 Å². The van der Waals surface area contributed by atoms with E-state index >= 15 is 0 Å². The molecule has 1 aromatic rings. The van der Waals surface area contributed by atoms with Crippen molar-refractivity contribution in [1.82, 2.24) is 4.72 Å². The van der Waals surface area contributed by atoms with Crippen molar-refractivity contribution in [2.45, 2.75) is 43.1 Å². The summed E-state index contributed by atoms with van der Waals surface area (Å²) in [4.78, 5) is 0.100. The maximum absolute atomic E-state index is 12.3. The predicted octanol–water partition coefficient (Wildman–Crippen LogP) is 1.91. The second kappa shape index (κ2) is 7.24. The summed E-state index contributed by atoms with van der Waals surface area (Å²) in [5.41, 5.74) is 0. The number of sulfonamides is 1. The van der Waals surface area contributed by atoms with Crippen LogP contribution in [0.15, 0.2) is 29.2 Å². The van der Waals surface area contributed by atoms with Crippen molar-refractivity contribution < 1.29 is 18.3 Å². The van der Waals surface area contributed by atoms with Gasteiger partial charge in [-0.15, -0.1) is 0 Å². The quantitative estimate of drug-likeness (QED) is 0.841. The van der Waals surface area contributed by atoms with Gasteiger partial charge in [0.1, 0.15) is 10.6 Å². The van der Waals surface area contributed by atoms with E-state index in [2.05, 4.69) is 4.72 Å². The average Bonchev–Trinajstić information content (AvgIpc) is 2.53. The van der Waals surface area contributed by atoms with Gasteiger partial charge in [-0.25, -0.2) is 13.1 Å². The molecule has 1 aromatic carbocycles. The van der Waals surface area contributed by atoms with Crippen molar-refractivity contribution in [3.8, 4) is 5.75 Å². The van der Waals surface area contributed by atoms with Crippen molar-refractivity contribution in [2.75, 3.05) is 13.7 Å². The van der Waals surface area contributed by atoms with Crippen LogP contribution < -0.4 is 9.46 Å². The number of hydrogen-bond acceptors (Lipinski definition) is 4. The van der Waals surface area contributed by atoms with Gasteiger partial charge in [-0.2, -0.15) is 0 Å². The number of methoxy groups -OCH3 is 1. The number of aliphatic hydroxyl groups excluding tert-OH is 1. The van der Waals surface area contributed by atoms with E-state index in [4.69, 9.17) is 4.74 Å². The third kappa shape index (κ3) is 4.18. The molecule has 0 bridgehead atoms. The summed E-state index contributed by atoms with van der Waals surface area (Å²) in [5, 5.41) is 10.2. The lowest BCUT2D eigenvalue weighted by atomic mass is 9.85. The Morgan fingerprint density at radius 2 is 1.95 bits per heavy atom. The summed E-state index contributed by atoms with van der Waals surface area (Å²) in [6, 6.07) is 6.46. The number of nitrogens with one attached hydrogen (secondary N) is 1. The predicted molar refractivity (Wildman–Crippen MR) is 80.8 cm³/mol. The smallest absolute Gasteiger partial charge is 0.244 e. The van der Waals surface area contributed by atoms with Gasteiger partial charge in [0.05, 0.1) is 13.2 Å². The molecule has 6 heteroatoms. The van der Waals surface area contributed by atoms with Gasteiger partial charge in [-0.3, -0.25) is 0 Å². The number of para-hydroxylation sites is 1. The highest BCUT2D eigenvalue weighted by atomic mass is 32.2. The van der Waals surface area contributed by atoms with E-state index in [1.807, 2.05) is 0 Å². The molecular formula is C15H23NO4S. The molecule has 0 saturated heterocycles. The van der Waals surface area contributed by atoms with Crippen LogP contribution >= 0.6 is 0 Å². The van der Waals surface area contributed by atoms with Crippen molar-refractivity contribution in [3.63, 3.8) is 0 Å². The molecule has 1 aliphatic rings. The molecule has 0 heterocycles. The van der Waals surface area contributed by atoms with E-state index in [0.29, 0.717) is 5.75 Å². The SMILES string of the molecule is COc1ccccc1S(=O)(=O)NCC(O)C1CCCCC1. The van der Waals surface area contributed by atoms with Gasteiger partial charge < -0.3 is 9.84 Å². The standard InChI is InChI=1S/C15H23NO4S/c1-20-14-9-5-6-10-15(14)21(18,19)16-11-13(17)12-7-3-2-4-8-12/h5-6,9-10,12-13,16-17H,2-4,7-8,11H2,1H3. The summed E-state index contributed by atoms with van der Waals surface area (Å²) in [6.07, 6.45) is 4.74. The molecule has 0 spiro atoms. The van der Waals surface area contributed by atoms with Crippen LogP contribution in [-0.4, -0.2) is 33.3 Å². The van der Waals surface area contributed by atoms with E-state index in [0.717, 1.165) is 25.7 Å². The normalized spacial score (nSPS) is 18.4. The van der Waals surface area contributed by atoms with Crippen LogP contribution in [0.25, 0.3) is 0 Å². The van der Waals surface area contributed by atoms with Crippen molar-refractivity contribution in [2.24, 2.45) is 5.92 Å². The molecule has 0 radical (unpaired) electrons. The van der Waals surface area contributed by atoms with Crippen LogP contribution in [-0.2, 0) is 10.0 Å². The van der Waals surface area contributed by atoms with E-state index in [9.17, 15) is 13.5 Å². The van der Waals surface area contributed by atoms with Gasteiger partial charge >= 0.3 is 0 Å². The molecular weight excluding hydrogens is 290 g/mol. The lowest BCUT2D eigenvalue weighted by Crippen LogP contribution is -2.37. The first-order valence-electron chi connectivity index (χ1n) is 7.35. The van der Waals surface area contributed by atoms with Crippen molar-refractivity contribution >= 4 is 10.0 Å². The highest BCUT2D eigenvalue weighted by Crippen LogP contribution is 2.27. The second-order valence-corrected chi connectivity index (χ2v) is 7.20. The fraction of sp³-hybridized carbons (Fsp3) is 0.600. The van der Waals surface area contributed by atoms with Gasteiger partial charge in [-0.05, 0) is 30.9 Å². The van der Waals surface area contributed by atoms with Crippen molar-refractivity contribution in [1.29, 1.82) is 0 Å². The maximum atomic E-state index is 12.3. The van der Waals surface area contributed by atoms with Gasteiger partial charge in [0.15, 0.2) is 0 Å². The first-order chi connectivity index (χ1) is 10.0. The highest BCUT2D eigenvalue weighted by Gasteiger charge is 2.25. The minimum Gasteiger partial charge on any atom is -0.495 e. The summed E-state index contributed by atoms with van der Waals surface area (Å²) in [7, 11) is -2.24. The number of hydrogen-bond donors (Lipinski definition) is 2. The lowest BCUT2D eigenvalue weighted by molar-refractivity contribution is 0.0888. The van der Waals surface area contributed by atoms with Gasteiger partial charge in [0.2, 0.25) is 10.0 Å². The fourth-order valence-corrected chi connectivity index (χ4v) is 4.02. The molecule has 118 valence electrons. The second-order valence-electron chi connectivity index (χ2n) is 5.47. The minimum absolute atomic E-state index is 0.0467. The van der Waals surface area contributed by atoms with E-state index in [1.165, 1.54) is 19.6 Å². The van der Waals surface area contributed by atoms with Crippen molar-refractivity contribution in [3.05, 3.63) is 24.3 Å². The summed E-state index contributed by atoms with van der Waals surface area (Å²) >= 11 is 0. The molecule has 0 aliphatic heterocycles. The first-order valence-corrected chi connectivity index (χ1v) is 8.83. The number of benzene rings is 1. The van der Waals surface area contributed by atoms with Crippen LogP contribution in [0.5, 0.6) is 5.75 Å². The Bertz CT molecular complexity index is 553. The van der Waals surface area contributed by atoms with E-state index in [-0.39, 0.29) is 17.4 Å². The number of rotatable bonds is 6. The molecule has 1 aliphatic carbocycles. The summed E-state index contributed by atoms with van der Waals surface area (Å²) in [5.74, 6) is 0.497. The molecule has 1 unspecified atom stereocenters. The maximum Gasteiger partial charge on any atom is 0.244 e. The number of ether oxygens (including phenoxy) is 1. The molecule has 2 N–H and O–H groups in total. The monoisotopic (exact) mass is 313 g/mol. The van der Waals surface area contributed by atoms with Crippen LogP contribution in [0, 0.1) is 5.92 Å². The third-order valence-corrected chi connectivity index (χ3v) is 5.50. The van der Waals surface area contributed by atoms with E-state index in [1.54, 1.807) is 18.2 Å². The topological polar surface area (TPSA) is 75.6 Å². The molecule has 1 saturated carbocycles. The van der Waals surface area contributed by atoms with Crippen LogP contribution in [0.1, 0.15) is 32.1 Å². The van der Waals surface area contributed by atoms with Gasteiger partial charge in [0.25, 0.3) is 0 Å². The van der Waals surface area contributed by atoms with Crippen LogP contribution in [0.3, 0.4) is 0 Å². The Labute approximate surface area is 126 Å². The summed E-state index contributed by atoms with van der Waals surface area (Å²) < 4.78 is 32.2. The van der Waals surface area contributed by atoms with Crippen LogP contribution in [0.2, 0.25) is 0 Å². The Hall–Kier alpha value is -1.11.